The van der Waals surface area contributed by atoms with Crippen molar-refractivity contribution in [1.29, 1.82) is 0 Å². The predicted octanol–water partition coefficient (Wildman–Crippen LogP) is 6.51. The Kier molecular flexibility index (Phi) is 5.76. The van der Waals surface area contributed by atoms with E-state index < -0.39 is 5.60 Å². The lowest BCUT2D eigenvalue weighted by atomic mass is 9.94. The van der Waals surface area contributed by atoms with Crippen molar-refractivity contribution in [3.63, 3.8) is 0 Å². The Hall–Kier alpha value is -3.04. The second-order valence-electron chi connectivity index (χ2n) is 9.06. The molecule has 0 saturated heterocycles. The van der Waals surface area contributed by atoms with Gasteiger partial charge >= 0.3 is 6.09 Å². The van der Waals surface area contributed by atoms with E-state index in [-0.39, 0.29) is 12.1 Å². The summed E-state index contributed by atoms with van der Waals surface area (Å²) in [5.74, 6) is 0.790. The van der Waals surface area contributed by atoms with Crippen LogP contribution >= 0.6 is 22.7 Å². The van der Waals surface area contributed by atoms with Crippen molar-refractivity contribution in [2.24, 2.45) is 0 Å². The van der Waals surface area contributed by atoms with Crippen molar-refractivity contribution in [2.45, 2.75) is 51.7 Å². The number of nitrogens with zero attached hydrogens (tertiary/aromatic N) is 3. The molecule has 170 valence electrons. The van der Waals surface area contributed by atoms with Crippen LogP contribution in [0.3, 0.4) is 0 Å². The van der Waals surface area contributed by atoms with Gasteiger partial charge in [0.15, 0.2) is 0 Å². The third kappa shape index (κ3) is 4.99. The van der Waals surface area contributed by atoms with E-state index in [9.17, 15) is 4.79 Å². The first-order valence-corrected chi connectivity index (χ1v) is 12.6. The molecule has 3 aromatic heterocycles. The van der Waals surface area contributed by atoms with E-state index in [1.54, 1.807) is 29.0 Å². The van der Waals surface area contributed by atoms with Crippen LogP contribution in [0.5, 0.6) is 0 Å². The molecule has 7 nitrogen and oxygen atoms in total. The lowest BCUT2D eigenvalue weighted by Crippen LogP contribution is -2.39. The molecule has 4 aromatic rings. The SMILES string of the molecule is CC(C)(C)OC(=O)NC1CC=C(c2cc3c(Nc4ccc5scnc5c4)ncnc3s2)CC1. The molecular weight excluding hydrogens is 454 g/mol. The molecule has 0 aliphatic heterocycles. The van der Waals surface area contributed by atoms with Gasteiger partial charge in [-0.3, -0.25) is 0 Å². The van der Waals surface area contributed by atoms with Crippen molar-refractivity contribution in [3.05, 3.63) is 47.1 Å². The smallest absolute Gasteiger partial charge is 0.407 e. The van der Waals surface area contributed by atoms with Crippen molar-refractivity contribution in [3.8, 4) is 0 Å². The van der Waals surface area contributed by atoms with Gasteiger partial charge in [-0.05, 0) is 69.9 Å². The van der Waals surface area contributed by atoms with Gasteiger partial charge in [0.25, 0.3) is 0 Å². The van der Waals surface area contributed by atoms with Crippen LogP contribution in [-0.2, 0) is 4.74 Å². The molecule has 2 N–H and O–H groups in total. The molecule has 0 bridgehead atoms. The maximum Gasteiger partial charge on any atom is 0.407 e. The fourth-order valence-corrected chi connectivity index (χ4v) is 5.57. The highest BCUT2D eigenvalue weighted by molar-refractivity contribution is 7.19. The second-order valence-corrected chi connectivity index (χ2v) is 11.0. The first kappa shape index (κ1) is 21.8. The Bertz CT molecular complexity index is 1350. The molecule has 1 unspecified atom stereocenters. The zero-order valence-electron chi connectivity index (χ0n) is 18.7. The Morgan fingerprint density at radius 1 is 1.18 bits per heavy atom. The Morgan fingerprint density at radius 2 is 2.06 bits per heavy atom. The van der Waals surface area contributed by atoms with Gasteiger partial charge in [-0.15, -0.1) is 22.7 Å². The van der Waals surface area contributed by atoms with Crippen LogP contribution in [-0.4, -0.2) is 32.7 Å². The minimum Gasteiger partial charge on any atom is -0.444 e. The maximum atomic E-state index is 12.1. The van der Waals surface area contributed by atoms with E-state index in [0.29, 0.717) is 0 Å². The number of alkyl carbamates (subject to hydrolysis) is 1. The fraction of sp³-hybridized carbons (Fsp3) is 0.333. The van der Waals surface area contributed by atoms with Crippen molar-refractivity contribution in [2.75, 3.05) is 5.32 Å². The number of carbonyl (C=O) groups is 1. The number of allylic oxidation sites excluding steroid dienone is 1. The van der Waals surface area contributed by atoms with Gasteiger partial charge in [0.1, 0.15) is 22.6 Å². The Labute approximate surface area is 199 Å². The minimum absolute atomic E-state index is 0.0932. The molecule has 0 spiro atoms. The predicted molar refractivity (Wildman–Crippen MR) is 135 cm³/mol. The summed E-state index contributed by atoms with van der Waals surface area (Å²) >= 11 is 3.30. The van der Waals surface area contributed by atoms with E-state index in [2.05, 4.69) is 43.8 Å². The van der Waals surface area contributed by atoms with E-state index in [0.717, 1.165) is 51.2 Å². The summed E-state index contributed by atoms with van der Waals surface area (Å²) in [6, 6.07) is 8.41. The van der Waals surface area contributed by atoms with E-state index in [4.69, 9.17) is 4.74 Å². The number of hydrogen-bond donors (Lipinski definition) is 2. The van der Waals surface area contributed by atoms with Crippen LogP contribution in [0.2, 0.25) is 0 Å². The lowest BCUT2D eigenvalue weighted by Gasteiger charge is -2.25. The summed E-state index contributed by atoms with van der Waals surface area (Å²) in [7, 11) is 0. The van der Waals surface area contributed by atoms with Gasteiger partial charge < -0.3 is 15.4 Å². The van der Waals surface area contributed by atoms with E-state index in [1.165, 1.54) is 10.5 Å². The number of carbonyl (C=O) groups excluding carboxylic acids is 1. The van der Waals surface area contributed by atoms with E-state index >= 15 is 0 Å². The molecule has 0 saturated carbocycles. The molecule has 0 fully saturated rings. The fourth-order valence-electron chi connectivity index (χ4n) is 3.85. The molecular formula is C24H25N5O2S2. The molecule has 1 atom stereocenters. The molecule has 1 aliphatic carbocycles. The summed E-state index contributed by atoms with van der Waals surface area (Å²) in [6.07, 6.45) is 6.02. The number of aromatic nitrogens is 3. The highest BCUT2D eigenvalue weighted by Gasteiger charge is 2.22. The van der Waals surface area contributed by atoms with Crippen molar-refractivity contribution in [1.82, 2.24) is 20.3 Å². The topological polar surface area (TPSA) is 89.0 Å². The number of fused-ring (bicyclic) bond motifs is 2. The second kappa shape index (κ2) is 8.72. The number of amides is 1. The molecule has 9 heteroatoms. The number of rotatable bonds is 4. The first-order chi connectivity index (χ1) is 15.8. The third-order valence-electron chi connectivity index (χ3n) is 5.37. The van der Waals surface area contributed by atoms with Gasteiger partial charge in [0.05, 0.1) is 21.1 Å². The number of ether oxygens (including phenoxy) is 1. The minimum atomic E-state index is -0.490. The number of thiazole rings is 1. The maximum absolute atomic E-state index is 12.1. The molecule has 3 heterocycles. The summed E-state index contributed by atoms with van der Waals surface area (Å²) < 4.78 is 6.54. The average molecular weight is 480 g/mol. The largest absolute Gasteiger partial charge is 0.444 e. The highest BCUT2D eigenvalue weighted by atomic mass is 32.1. The number of anilines is 2. The molecule has 0 radical (unpaired) electrons. The van der Waals surface area contributed by atoms with Crippen LogP contribution in [0.4, 0.5) is 16.3 Å². The Balaban J connectivity index is 1.32. The van der Waals surface area contributed by atoms with Crippen LogP contribution in [0.1, 0.15) is 44.9 Å². The normalized spacial score (nSPS) is 16.6. The van der Waals surface area contributed by atoms with Crippen LogP contribution in [0.15, 0.2) is 42.2 Å². The molecule has 1 amide bonds. The molecule has 1 aromatic carbocycles. The van der Waals surface area contributed by atoms with Crippen LogP contribution in [0.25, 0.3) is 26.0 Å². The number of hydrogen-bond acceptors (Lipinski definition) is 8. The summed E-state index contributed by atoms with van der Waals surface area (Å²) in [5, 5.41) is 7.42. The summed E-state index contributed by atoms with van der Waals surface area (Å²) in [5.41, 5.74) is 4.58. The lowest BCUT2D eigenvalue weighted by molar-refractivity contribution is 0.0502. The van der Waals surface area contributed by atoms with Crippen molar-refractivity contribution < 1.29 is 9.53 Å². The van der Waals surface area contributed by atoms with Gasteiger partial charge in [-0.25, -0.2) is 19.7 Å². The van der Waals surface area contributed by atoms with Gasteiger partial charge in [-0.1, -0.05) is 6.08 Å². The summed E-state index contributed by atoms with van der Waals surface area (Å²) in [4.78, 5) is 27.6. The zero-order chi connectivity index (χ0) is 23.0. The van der Waals surface area contributed by atoms with Crippen LogP contribution in [0, 0.1) is 0 Å². The Morgan fingerprint density at radius 3 is 2.85 bits per heavy atom. The van der Waals surface area contributed by atoms with Crippen LogP contribution < -0.4 is 10.6 Å². The molecule has 1 aliphatic rings. The number of benzene rings is 1. The number of nitrogens with one attached hydrogen (secondary N) is 2. The molecule has 5 rings (SSSR count). The van der Waals surface area contributed by atoms with Gasteiger partial charge in [-0.2, -0.15) is 0 Å². The number of thiophene rings is 1. The van der Waals surface area contributed by atoms with Gasteiger partial charge in [0, 0.05) is 16.6 Å². The van der Waals surface area contributed by atoms with Crippen molar-refractivity contribution >= 4 is 66.3 Å². The van der Waals surface area contributed by atoms with Gasteiger partial charge in [0.2, 0.25) is 0 Å². The third-order valence-corrected chi connectivity index (χ3v) is 7.30. The summed E-state index contributed by atoms with van der Waals surface area (Å²) in [6.45, 7) is 5.61. The molecule has 33 heavy (non-hydrogen) atoms. The zero-order valence-corrected chi connectivity index (χ0v) is 20.3. The average Bonchev–Trinajstić information content (AvgIpc) is 3.40. The quantitative estimate of drug-likeness (QED) is 0.347. The first-order valence-electron chi connectivity index (χ1n) is 10.9. The van der Waals surface area contributed by atoms with E-state index in [1.807, 2.05) is 38.4 Å². The standard InChI is InChI=1S/C24H25N5O2S2/c1-24(2,3)31-23(30)29-15-6-4-14(5-7-15)20-11-17-21(25-12-26-22(17)33-20)28-16-8-9-19-18(10-16)27-13-32-19/h4,8-13,15H,5-7H2,1-3H3,(H,29,30)(H,25,26,28). The monoisotopic (exact) mass is 479 g/mol. The highest BCUT2D eigenvalue weighted by Crippen LogP contribution is 2.37.